The minimum atomic E-state index is -3.87. The maximum Gasteiger partial charge on any atom is 0.245 e. The number of aryl methyl sites for hydroxylation is 1. The van der Waals surface area contributed by atoms with Gasteiger partial charge in [-0.2, -0.15) is 0 Å². The van der Waals surface area contributed by atoms with Crippen molar-refractivity contribution in [2.75, 3.05) is 10.6 Å². The molecule has 1 fully saturated rings. The molecule has 180 valence electrons. The average molecular weight is 483 g/mol. The molecule has 1 heterocycles. The van der Waals surface area contributed by atoms with Crippen LogP contribution in [0.25, 0.3) is 0 Å². The monoisotopic (exact) mass is 482 g/mol. The van der Waals surface area contributed by atoms with Crippen LogP contribution in [0.3, 0.4) is 0 Å². The summed E-state index contributed by atoms with van der Waals surface area (Å²) in [5.74, 6) is -1.96. The van der Waals surface area contributed by atoms with Crippen molar-refractivity contribution in [3.8, 4) is 0 Å². The summed E-state index contributed by atoms with van der Waals surface area (Å²) >= 11 is 0. The number of rotatable bonds is 8. The Morgan fingerprint density at radius 3 is 2.25 bits per heavy atom. The van der Waals surface area contributed by atoms with E-state index in [0.29, 0.717) is 12.1 Å². The first-order chi connectivity index (χ1) is 14.5. The summed E-state index contributed by atoms with van der Waals surface area (Å²) in [6, 6.07) is 6.50. The van der Waals surface area contributed by atoms with Gasteiger partial charge in [-0.25, -0.2) is 12.7 Å². The Balaban J connectivity index is 2.32. The van der Waals surface area contributed by atoms with Crippen LogP contribution in [-0.4, -0.2) is 47.0 Å². The van der Waals surface area contributed by atoms with Crippen LogP contribution in [-0.2, 0) is 30.5 Å². The van der Waals surface area contributed by atoms with Crippen molar-refractivity contribution in [2.24, 2.45) is 11.8 Å². The van der Waals surface area contributed by atoms with E-state index in [1.54, 1.807) is 19.1 Å². The van der Waals surface area contributed by atoms with Crippen LogP contribution in [0.5, 0.6) is 0 Å². The van der Waals surface area contributed by atoms with E-state index >= 15 is 0 Å². The summed E-state index contributed by atoms with van der Waals surface area (Å²) in [7, 11) is -5.99. The Labute approximate surface area is 194 Å². The molecule has 2 rings (SSSR count). The average Bonchev–Trinajstić information content (AvgIpc) is 2.63. The highest BCUT2D eigenvalue weighted by Crippen LogP contribution is 2.40. The Kier molecular flexibility index (Phi) is 7.69. The lowest BCUT2D eigenvalue weighted by atomic mass is 9.78. The van der Waals surface area contributed by atoms with Gasteiger partial charge in [-0.3, -0.25) is 9.59 Å². The lowest BCUT2D eigenvalue weighted by Gasteiger charge is -2.47. The summed E-state index contributed by atoms with van der Waals surface area (Å²) < 4.78 is 32.6. The Bertz CT molecular complexity index is 971. The molecular formula is C23H38N2O5SSi. The summed E-state index contributed by atoms with van der Waals surface area (Å²) in [4.78, 5) is 25.9. The third kappa shape index (κ3) is 5.26. The highest BCUT2D eigenvalue weighted by molar-refractivity contribution is 7.92. The molecule has 1 aromatic rings. The van der Waals surface area contributed by atoms with Crippen LogP contribution in [0.15, 0.2) is 24.3 Å². The summed E-state index contributed by atoms with van der Waals surface area (Å²) in [5, 5.41) is 2.80. The first kappa shape index (κ1) is 26.5. The predicted molar refractivity (Wildman–Crippen MR) is 130 cm³/mol. The number of hydrogen-bond donors (Lipinski definition) is 1. The molecule has 1 saturated heterocycles. The maximum absolute atomic E-state index is 13.5. The number of β-lactam (4-membered cyclic amide) rings is 1. The Morgan fingerprint density at radius 1 is 1.22 bits per heavy atom. The minimum absolute atomic E-state index is 0.0185. The van der Waals surface area contributed by atoms with Gasteiger partial charge >= 0.3 is 0 Å². The molecule has 0 unspecified atom stereocenters. The molecule has 0 saturated carbocycles. The van der Waals surface area contributed by atoms with E-state index in [2.05, 4.69) is 39.2 Å². The zero-order valence-corrected chi connectivity index (χ0v) is 22.5. The van der Waals surface area contributed by atoms with Crippen molar-refractivity contribution in [1.82, 2.24) is 5.32 Å². The second-order valence-electron chi connectivity index (χ2n) is 10.3. The SMILES string of the molecule is CCc1ccccc1N(C(=O)[C@H](C)[C@H]1NC(=O)[C@@H]1[C@@H](C)O[Si](C)(C)C(C)(C)C)S(C)(=O)=O. The Morgan fingerprint density at radius 2 is 1.78 bits per heavy atom. The standard InChI is InChI=1S/C23H38N2O5SSi/c1-10-17-13-11-12-14-18(17)25(31(7,28)29)22(27)15(2)20-19(21(26)24-20)16(3)30-32(8,9)23(4,5)6/h11-16,19-20H,10H2,1-9H3,(H,24,26)/t15-,16-,19-,20-/m1/s1. The molecule has 0 bridgehead atoms. The van der Waals surface area contributed by atoms with Crippen LogP contribution in [0, 0.1) is 11.8 Å². The van der Waals surface area contributed by atoms with Crippen LogP contribution >= 0.6 is 0 Å². The van der Waals surface area contributed by atoms with Gasteiger partial charge in [0.25, 0.3) is 0 Å². The largest absolute Gasteiger partial charge is 0.413 e. The van der Waals surface area contributed by atoms with E-state index in [1.807, 2.05) is 26.0 Å². The summed E-state index contributed by atoms with van der Waals surface area (Å²) in [6.45, 7) is 16.1. The molecule has 0 radical (unpaired) electrons. The summed E-state index contributed by atoms with van der Waals surface area (Å²) in [6.07, 6.45) is 1.24. The van der Waals surface area contributed by atoms with E-state index < -0.39 is 42.1 Å². The van der Waals surface area contributed by atoms with Gasteiger partial charge in [0.15, 0.2) is 8.32 Å². The maximum atomic E-state index is 13.5. The normalized spacial score (nSPS) is 21.3. The fourth-order valence-corrected chi connectivity index (χ4v) is 6.34. The fraction of sp³-hybridized carbons (Fsp3) is 0.652. The third-order valence-electron chi connectivity index (χ3n) is 6.84. The quantitative estimate of drug-likeness (QED) is 0.450. The number of hydrogen-bond acceptors (Lipinski definition) is 5. The molecule has 1 N–H and O–H groups in total. The van der Waals surface area contributed by atoms with Gasteiger partial charge in [0.1, 0.15) is 0 Å². The molecule has 7 nitrogen and oxygen atoms in total. The molecule has 4 atom stereocenters. The van der Waals surface area contributed by atoms with Gasteiger partial charge < -0.3 is 9.74 Å². The minimum Gasteiger partial charge on any atom is -0.413 e. The van der Waals surface area contributed by atoms with Crippen molar-refractivity contribution in [2.45, 2.75) is 78.2 Å². The van der Waals surface area contributed by atoms with Crippen LogP contribution < -0.4 is 9.62 Å². The number of sulfonamides is 1. The van der Waals surface area contributed by atoms with Gasteiger partial charge in [0.05, 0.1) is 35.9 Å². The number of benzene rings is 1. The number of anilines is 1. The first-order valence-electron chi connectivity index (χ1n) is 11.1. The topological polar surface area (TPSA) is 92.8 Å². The number of nitrogens with one attached hydrogen (secondary N) is 1. The van der Waals surface area contributed by atoms with E-state index in [0.717, 1.165) is 16.1 Å². The van der Waals surface area contributed by atoms with E-state index in [4.69, 9.17) is 4.43 Å². The fourth-order valence-electron chi connectivity index (χ4n) is 3.88. The van der Waals surface area contributed by atoms with Gasteiger partial charge in [0.2, 0.25) is 21.8 Å². The van der Waals surface area contributed by atoms with Gasteiger partial charge in [-0.1, -0.05) is 52.8 Å². The first-order valence-corrected chi connectivity index (χ1v) is 15.9. The molecule has 1 aliphatic rings. The van der Waals surface area contributed by atoms with Gasteiger partial charge in [-0.05, 0) is 43.1 Å². The zero-order valence-electron chi connectivity index (χ0n) is 20.7. The summed E-state index contributed by atoms with van der Waals surface area (Å²) in [5.41, 5.74) is 1.13. The highest BCUT2D eigenvalue weighted by atomic mass is 32.2. The van der Waals surface area contributed by atoms with Crippen molar-refractivity contribution < 1.29 is 22.4 Å². The third-order valence-corrected chi connectivity index (χ3v) is 12.5. The number of carbonyl (C=O) groups excluding carboxylic acids is 2. The van der Waals surface area contributed by atoms with E-state index in [-0.39, 0.29) is 17.0 Å². The molecule has 2 amide bonds. The van der Waals surface area contributed by atoms with Crippen molar-refractivity contribution in [1.29, 1.82) is 0 Å². The number of nitrogens with zero attached hydrogens (tertiary/aromatic N) is 1. The molecule has 0 aromatic heterocycles. The van der Waals surface area contributed by atoms with Crippen LogP contribution in [0.1, 0.15) is 47.1 Å². The molecular weight excluding hydrogens is 444 g/mol. The number of carbonyl (C=O) groups is 2. The second-order valence-corrected chi connectivity index (χ2v) is 16.9. The van der Waals surface area contributed by atoms with Crippen LogP contribution in [0.2, 0.25) is 18.1 Å². The molecule has 1 aliphatic heterocycles. The van der Waals surface area contributed by atoms with Gasteiger partial charge in [0, 0.05) is 0 Å². The molecule has 32 heavy (non-hydrogen) atoms. The highest BCUT2D eigenvalue weighted by Gasteiger charge is 2.51. The predicted octanol–water partition coefficient (Wildman–Crippen LogP) is 3.70. The smallest absolute Gasteiger partial charge is 0.245 e. The number of para-hydroxylation sites is 1. The lowest BCUT2D eigenvalue weighted by molar-refractivity contribution is -0.144. The van der Waals surface area contributed by atoms with Crippen molar-refractivity contribution >= 4 is 35.8 Å². The van der Waals surface area contributed by atoms with E-state index in [1.165, 1.54) is 0 Å². The van der Waals surface area contributed by atoms with Crippen LogP contribution in [0.4, 0.5) is 5.69 Å². The molecule has 9 heteroatoms. The Hall–Kier alpha value is -1.71. The second kappa shape index (κ2) is 9.27. The molecule has 1 aromatic carbocycles. The van der Waals surface area contributed by atoms with E-state index in [9.17, 15) is 18.0 Å². The lowest BCUT2D eigenvalue weighted by Crippen LogP contribution is -2.67. The molecule has 0 spiro atoms. The zero-order chi connectivity index (χ0) is 24.6. The number of amides is 2. The van der Waals surface area contributed by atoms with Gasteiger partial charge in [-0.15, -0.1) is 0 Å². The molecule has 0 aliphatic carbocycles. The van der Waals surface area contributed by atoms with Crippen molar-refractivity contribution in [3.05, 3.63) is 29.8 Å². The van der Waals surface area contributed by atoms with Crippen molar-refractivity contribution in [3.63, 3.8) is 0 Å².